The molecule has 0 fully saturated rings. The van der Waals surface area contributed by atoms with Gasteiger partial charge in [-0.2, -0.15) is 0 Å². The van der Waals surface area contributed by atoms with Crippen molar-refractivity contribution < 1.29 is 9.53 Å². The Hall–Kier alpha value is -1.07. The maximum Gasteiger partial charge on any atom is 0.260 e. The molecule has 5 heteroatoms. The fourth-order valence-electron chi connectivity index (χ4n) is 1.88. The van der Waals surface area contributed by atoms with Gasteiger partial charge in [-0.15, -0.1) is 0 Å². The summed E-state index contributed by atoms with van der Waals surface area (Å²) in [4.78, 5) is 11.9. The summed E-state index contributed by atoms with van der Waals surface area (Å²) in [5, 5.41) is 2.87. The first kappa shape index (κ1) is 17.0. The van der Waals surface area contributed by atoms with E-state index in [0.29, 0.717) is 18.8 Å². The molecule has 4 nitrogen and oxygen atoms in total. The van der Waals surface area contributed by atoms with Gasteiger partial charge in [0, 0.05) is 23.1 Å². The van der Waals surface area contributed by atoms with Crippen LogP contribution >= 0.6 is 15.9 Å². The van der Waals surface area contributed by atoms with Crippen LogP contribution in [0.5, 0.6) is 5.75 Å². The number of hydrogen-bond donors (Lipinski definition) is 2. The molecule has 0 heterocycles. The summed E-state index contributed by atoms with van der Waals surface area (Å²) in [5.41, 5.74) is 7.60. The Morgan fingerprint density at radius 1 is 1.50 bits per heavy atom. The Bertz CT molecular complexity index is 463. The lowest BCUT2D eigenvalue weighted by Crippen LogP contribution is -2.37. The lowest BCUT2D eigenvalue weighted by atomic mass is 10.1. The molecule has 0 aromatic heterocycles. The van der Waals surface area contributed by atoms with E-state index in [1.807, 2.05) is 19.1 Å². The molecule has 1 amide bonds. The zero-order valence-corrected chi connectivity index (χ0v) is 13.9. The van der Waals surface area contributed by atoms with Gasteiger partial charge in [0.05, 0.1) is 0 Å². The van der Waals surface area contributed by atoms with Crippen LogP contribution in [0.25, 0.3) is 0 Å². The highest BCUT2D eigenvalue weighted by atomic mass is 79.9. The predicted octanol–water partition coefficient (Wildman–Crippen LogP) is 2.90. The van der Waals surface area contributed by atoms with Gasteiger partial charge >= 0.3 is 0 Å². The lowest BCUT2D eigenvalue weighted by molar-refractivity contribution is -0.127. The van der Waals surface area contributed by atoms with Crippen molar-refractivity contribution in [2.24, 2.45) is 5.73 Å². The zero-order valence-electron chi connectivity index (χ0n) is 12.3. The van der Waals surface area contributed by atoms with Crippen LogP contribution in [0, 0.1) is 6.92 Å². The van der Waals surface area contributed by atoms with Gasteiger partial charge in [0.1, 0.15) is 5.75 Å². The van der Waals surface area contributed by atoms with Crippen molar-refractivity contribution in [2.45, 2.75) is 46.3 Å². The smallest absolute Gasteiger partial charge is 0.260 e. The minimum Gasteiger partial charge on any atom is -0.480 e. The molecule has 0 saturated heterocycles. The molecule has 0 bridgehead atoms. The standard InChI is InChI=1S/C15H23BrN2O2/c1-4-5-6-18-15(19)11(3)20-14-10(2)7-13(16)8-12(14)9-17/h7-8,11H,4-6,9,17H2,1-3H3,(H,18,19). The van der Waals surface area contributed by atoms with Crippen molar-refractivity contribution >= 4 is 21.8 Å². The normalized spacial score (nSPS) is 12.1. The Kier molecular flexibility index (Phi) is 7.02. The zero-order chi connectivity index (χ0) is 15.1. The van der Waals surface area contributed by atoms with Gasteiger partial charge in [0.15, 0.2) is 6.10 Å². The molecule has 1 aromatic carbocycles. The molecule has 0 aliphatic heterocycles. The van der Waals surface area contributed by atoms with Crippen LogP contribution < -0.4 is 15.8 Å². The molecule has 0 aliphatic rings. The van der Waals surface area contributed by atoms with Gasteiger partial charge in [-0.1, -0.05) is 29.3 Å². The minimum absolute atomic E-state index is 0.0938. The van der Waals surface area contributed by atoms with Crippen molar-refractivity contribution in [3.63, 3.8) is 0 Å². The minimum atomic E-state index is -0.531. The first-order chi connectivity index (χ1) is 9.49. The van der Waals surface area contributed by atoms with Crippen LogP contribution in [-0.2, 0) is 11.3 Å². The summed E-state index contributed by atoms with van der Waals surface area (Å²) < 4.78 is 6.76. The Morgan fingerprint density at radius 3 is 2.80 bits per heavy atom. The third kappa shape index (κ3) is 4.80. The number of carbonyl (C=O) groups excluding carboxylic acids is 1. The molecule has 0 spiro atoms. The number of amides is 1. The van der Waals surface area contributed by atoms with E-state index in [2.05, 4.69) is 28.2 Å². The number of carbonyl (C=O) groups is 1. The first-order valence-corrected chi connectivity index (χ1v) is 7.72. The van der Waals surface area contributed by atoms with Gasteiger partial charge in [0.25, 0.3) is 5.91 Å². The third-order valence-corrected chi connectivity index (χ3v) is 3.49. The van der Waals surface area contributed by atoms with Crippen molar-refractivity contribution in [1.82, 2.24) is 5.32 Å². The van der Waals surface area contributed by atoms with Crippen LogP contribution in [-0.4, -0.2) is 18.6 Å². The molecule has 20 heavy (non-hydrogen) atoms. The second-order valence-corrected chi connectivity index (χ2v) is 5.74. The van der Waals surface area contributed by atoms with Crippen molar-refractivity contribution in [1.29, 1.82) is 0 Å². The van der Waals surface area contributed by atoms with Gasteiger partial charge in [-0.3, -0.25) is 4.79 Å². The maximum atomic E-state index is 11.9. The number of unbranched alkanes of at least 4 members (excludes halogenated alkanes) is 1. The highest BCUT2D eigenvalue weighted by molar-refractivity contribution is 9.10. The quantitative estimate of drug-likeness (QED) is 0.748. The monoisotopic (exact) mass is 342 g/mol. The van der Waals surface area contributed by atoms with Crippen molar-refractivity contribution in [2.75, 3.05) is 6.54 Å². The summed E-state index contributed by atoms with van der Waals surface area (Å²) in [6.45, 7) is 6.85. The molecular formula is C15H23BrN2O2. The largest absolute Gasteiger partial charge is 0.480 e. The summed E-state index contributed by atoms with van der Waals surface area (Å²) in [6, 6.07) is 3.88. The van der Waals surface area contributed by atoms with E-state index < -0.39 is 6.10 Å². The molecule has 1 aromatic rings. The number of rotatable bonds is 7. The maximum absolute atomic E-state index is 11.9. The van der Waals surface area contributed by atoms with Crippen molar-refractivity contribution in [3.8, 4) is 5.75 Å². The summed E-state index contributed by atoms with van der Waals surface area (Å²) in [7, 11) is 0. The average Bonchev–Trinajstić information content (AvgIpc) is 2.41. The molecule has 1 atom stereocenters. The topological polar surface area (TPSA) is 64.3 Å². The molecule has 112 valence electrons. The van der Waals surface area contributed by atoms with Crippen LogP contribution in [0.1, 0.15) is 37.8 Å². The van der Waals surface area contributed by atoms with Crippen molar-refractivity contribution in [3.05, 3.63) is 27.7 Å². The summed E-state index contributed by atoms with van der Waals surface area (Å²) in [6.07, 6.45) is 1.50. The Morgan fingerprint density at radius 2 is 2.20 bits per heavy atom. The second kappa shape index (κ2) is 8.27. The summed E-state index contributed by atoms with van der Waals surface area (Å²) >= 11 is 3.43. The summed E-state index contributed by atoms with van der Waals surface area (Å²) in [5.74, 6) is 0.609. The van der Waals surface area contributed by atoms with E-state index >= 15 is 0 Å². The van der Waals surface area contributed by atoms with E-state index in [1.54, 1.807) is 6.92 Å². The van der Waals surface area contributed by atoms with E-state index in [9.17, 15) is 4.79 Å². The molecule has 1 unspecified atom stereocenters. The fraction of sp³-hybridized carbons (Fsp3) is 0.533. The Balaban J connectivity index is 2.74. The van der Waals surface area contributed by atoms with Gasteiger partial charge in [-0.25, -0.2) is 0 Å². The number of halogens is 1. The highest BCUT2D eigenvalue weighted by Crippen LogP contribution is 2.28. The lowest BCUT2D eigenvalue weighted by Gasteiger charge is -2.19. The fourth-order valence-corrected chi connectivity index (χ4v) is 2.50. The third-order valence-electron chi connectivity index (χ3n) is 3.03. The first-order valence-electron chi connectivity index (χ1n) is 6.93. The second-order valence-electron chi connectivity index (χ2n) is 4.82. The number of nitrogens with one attached hydrogen (secondary N) is 1. The Labute approximate surface area is 129 Å². The molecule has 0 radical (unpaired) electrons. The molecule has 1 rings (SSSR count). The number of aryl methyl sites for hydroxylation is 1. The van der Waals surface area contributed by atoms with E-state index in [-0.39, 0.29) is 5.91 Å². The number of ether oxygens (including phenoxy) is 1. The number of nitrogens with two attached hydrogens (primary N) is 1. The van der Waals surface area contributed by atoms with Crippen LogP contribution in [0.15, 0.2) is 16.6 Å². The molecule has 3 N–H and O–H groups in total. The highest BCUT2D eigenvalue weighted by Gasteiger charge is 2.17. The van der Waals surface area contributed by atoms with Crippen LogP contribution in [0.4, 0.5) is 0 Å². The van der Waals surface area contributed by atoms with Gasteiger partial charge in [-0.05, 0) is 38.0 Å². The van der Waals surface area contributed by atoms with E-state index in [1.165, 1.54) is 0 Å². The molecule has 0 saturated carbocycles. The van der Waals surface area contributed by atoms with Crippen LogP contribution in [0.2, 0.25) is 0 Å². The van der Waals surface area contributed by atoms with Crippen LogP contribution in [0.3, 0.4) is 0 Å². The molecule has 0 aliphatic carbocycles. The SMILES string of the molecule is CCCCNC(=O)C(C)Oc1c(C)cc(Br)cc1CN. The van der Waals surface area contributed by atoms with E-state index in [0.717, 1.165) is 28.4 Å². The predicted molar refractivity (Wildman–Crippen MR) is 84.8 cm³/mol. The van der Waals surface area contributed by atoms with Gasteiger partial charge in [0.2, 0.25) is 0 Å². The van der Waals surface area contributed by atoms with Gasteiger partial charge < -0.3 is 15.8 Å². The molecular weight excluding hydrogens is 320 g/mol. The van der Waals surface area contributed by atoms with E-state index in [4.69, 9.17) is 10.5 Å². The number of benzene rings is 1. The number of hydrogen-bond acceptors (Lipinski definition) is 3. The average molecular weight is 343 g/mol.